The van der Waals surface area contributed by atoms with E-state index in [-0.39, 0.29) is 0 Å². The zero-order valence-electron chi connectivity index (χ0n) is 16.1. The maximum absolute atomic E-state index is 5.95. The van der Waals surface area contributed by atoms with Gasteiger partial charge in [0.05, 0.1) is 12.1 Å². The van der Waals surface area contributed by atoms with Gasteiger partial charge in [0.15, 0.2) is 0 Å². The van der Waals surface area contributed by atoms with Gasteiger partial charge in [-0.15, -0.1) is 0 Å². The van der Waals surface area contributed by atoms with E-state index in [0.717, 1.165) is 18.1 Å². The fraction of sp³-hybridized carbons (Fsp3) is 0.478. The van der Waals surface area contributed by atoms with Gasteiger partial charge in [-0.2, -0.15) is 0 Å². The van der Waals surface area contributed by atoms with Crippen LogP contribution in [0.5, 0.6) is 5.75 Å². The summed E-state index contributed by atoms with van der Waals surface area (Å²) in [5.74, 6) is 1.88. The first-order valence-electron chi connectivity index (χ1n) is 9.81. The lowest BCUT2D eigenvalue weighted by atomic mass is 9.95. The Labute approximate surface area is 151 Å². The van der Waals surface area contributed by atoms with Gasteiger partial charge in [0.2, 0.25) is 0 Å². The van der Waals surface area contributed by atoms with E-state index in [1.54, 1.807) is 0 Å². The average molecular weight is 338 g/mol. The van der Waals surface area contributed by atoms with Crippen molar-refractivity contribution in [1.29, 1.82) is 0 Å². The molecule has 0 aliphatic heterocycles. The number of aryl methyl sites for hydroxylation is 1. The van der Waals surface area contributed by atoms with Crippen molar-refractivity contribution in [3.63, 3.8) is 0 Å². The number of benzene rings is 2. The fourth-order valence-corrected chi connectivity index (χ4v) is 3.74. The van der Waals surface area contributed by atoms with Crippen LogP contribution in [0.15, 0.2) is 30.3 Å². The Bertz CT molecular complexity index is 846. The summed E-state index contributed by atoms with van der Waals surface area (Å²) in [5.41, 5.74) is 5.24. The number of rotatable bonds is 8. The van der Waals surface area contributed by atoms with Gasteiger partial charge in [0.1, 0.15) is 5.75 Å². The highest BCUT2D eigenvalue weighted by Crippen LogP contribution is 2.36. The molecule has 1 N–H and O–H groups in total. The molecule has 3 rings (SSSR count). The number of aromatic amines is 1. The molecule has 25 heavy (non-hydrogen) atoms. The van der Waals surface area contributed by atoms with Gasteiger partial charge < -0.3 is 9.72 Å². The molecule has 2 aromatic carbocycles. The van der Waals surface area contributed by atoms with Crippen LogP contribution in [0.2, 0.25) is 0 Å². The minimum absolute atomic E-state index is 0.710. The van der Waals surface area contributed by atoms with Crippen molar-refractivity contribution in [2.24, 2.45) is 5.92 Å². The van der Waals surface area contributed by atoms with Gasteiger partial charge in [-0.25, -0.2) is 0 Å². The maximum atomic E-state index is 5.95. The third-order valence-corrected chi connectivity index (χ3v) is 5.52. The van der Waals surface area contributed by atoms with Crippen LogP contribution in [-0.4, -0.2) is 11.6 Å². The number of fused-ring (bicyclic) bond motifs is 3. The summed E-state index contributed by atoms with van der Waals surface area (Å²) in [6.45, 7) is 9.62. The van der Waals surface area contributed by atoms with E-state index in [1.807, 2.05) is 0 Å². The number of ether oxygens (including phenoxy) is 1. The molecule has 0 amide bonds. The predicted molar refractivity (Wildman–Crippen MR) is 109 cm³/mol. The fourth-order valence-electron chi connectivity index (χ4n) is 3.74. The molecule has 0 radical (unpaired) electrons. The van der Waals surface area contributed by atoms with Gasteiger partial charge in [0, 0.05) is 16.3 Å². The van der Waals surface area contributed by atoms with Crippen LogP contribution in [0.3, 0.4) is 0 Å². The number of aromatic nitrogens is 1. The average Bonchev–Trinajstić information content (AvgIpc) is 2.99. The Kier molecular flexibility index (Phi) is 5.67. The monoisotopic (exact) mass is 337 g/mol. The Balaban J connectivity index is 1.97. The second-order valence-corrected chi connectivity index (χ2v) is 7.26. The van der Waals surface area contributed by atoms with Crippen molar-refractivity contribution in [3.8, 4) is 5.75 Å². The topological polar surface area (TPSA) is 25.0 Å². The summed E-state index contributed by atoms with van der Waals surface area (Å²) in [5, 5.41) is 2.58. The highest BCUT2D eigenvalue weighted by molar-refractivity contribution is 6.09. The second-order valence-electron chi connectivity index (χ2n) is 7.26. The van der Waals surface area contributed by atoms with Crippen LogP contribution < -0.4 is 4.74 Å². The van der Waals surface area contributed by atoms with Crippen LogP contribution in [0, 0.1) is 12.8 Å². The number of nitrogens with one attached hydrogen (secondary N) is 1. The van der Waals surface area contributed by atoms with Gasteiger partial charge >= 0.3 is 0 Å². The molecule has 134 valence electrons. The highest BCUT2D eigenvalue weighted by Gasteiger charge is 2.15. The molecule has 0 aliphatic carbocycles. The molecular formula is C23H31NO. The lowest BCUT2D eigenvalue weighted by molar-refractivity contribution is 0.338. The third kappa shape index (κ3) is 3.68. The highest BCUT2D eigenvalue weighted by atomic mass is 16.5. The Hall–Kier alpha value is -1.96. The Morgan fingerprint density at radius 1 is 1.08 bits per heavy atom. The Morgan fingerprint density at radius 3 is 2.64 bits per heavy atom. The zero-order valence-corrected chi connectivity index (χ0v) is 16.1. The van der Waals surface area contributed by atoms with E-state index < -0.39 is 0 Å². The van der Waals surface area contributed by atoms with Crippen molar-refractivity contribution >= 4 is 21.8 Å². The van der Waals surface area contributed by atoms with Crippen molar-refractivity contribution < 1.29 is 4.74 Å². The van der Waals surface area contributed by atoms with E-state index in [0.29, 0.717) is 6.61 Å². The van der Waals surface area contributed by atoms with Crippen LogP contribution in [0.1, 0.15) is 57.6 Å². The van der Waals surface area contributed by atoms with Crippen LogP contribution in [0.25, 0.3) is 21.8 Å². The molecule has 0 saturated carbocycles. The van der Waals surface area contributed by atoms with Gasteiger partial charge in [-0.3, -0.25) is 0 Å². The summed E-state index contributed by atoms with van der Waals surface area (Å²) < 4.78 is 5.95. The Morgan fingerprint density at radius 2 is 1.88 bits per heavy atom. The van der Waals surface area contributed by atoms with Crippen LogP contribution in [-0.2, 0) is 6.42 Å². The zero-order chi connectivity index (χ0) is 17.8. The molecule has 1 unspecified atom stereocenters. The van der Waals surface area contributed by atoms with Gasteiger partial charge in [-0.1, -0.05) is 51.3 Å². The molecule has 3 aromatic rings. The quantitative estimate of drug-likeness (QED) is 0.450. The molecular weight excluding hydrogens is 306 g/mol. The van der Waals surface area contributed by atoms with E-state index in [9.17, 15) is 0 Å². The van der Waals surface area contributed by atoms with Crippen molar-refractivity contribution in [3.05, 3.63) is 41.5 Å². The first-order valence-corrected chi connectivity index (χ1v) is 9.81. The lowest BCUT2D eigenvalue weighted by Gasteiger charge is -2.14. The SMILES string of the molecule is CCOc1cc2c([nH]c3ccccc32)c(CCCCC(C)CC)c1C. The molecule has 0 fully saturated rings. The van der Waals surface area contributed by atoms with E-state index in [1.165, 1.54) is 58.6 Å². The number of H-pyrrole nitrogens is 1. The number of para-hydroxylation sites is 1. The maximum Gasteiger partial charge on any atom is 0.123 e. The van der Waals surface area contributed by atoms with E-state index >= 15 is 0 Å². The first-order chi connectivity index (χ1) is 12.2. The molecule has 1 heterocycles. The second kappa shape index (κ2) is 7.95. The molecule has 0 spiro atoms. The summed E-state index contributed by atoms with van der Waals surface area (Å²) in [6.07, 6.45) is 6.27. The van der Waals surface area contributed by atoms with Crippen LogP contribution in [0.4, 0.5) is 0 Å². The predicted octanol–water partition coefficient (Wildman–Crippen LogP) is 6.79. The van der Waals surface area contributed by atoms with Gasteiger partial charge in [0.25, 0.3) is 0 Å². The first kappa shape index (κ1) is 17.8. The summed E-state index contributed by atoms with van der Waals surface area (Å²) in [4.78, 5) is 3.66. The molecule has 0 saturated heterocycles. The largest absolute Gasteiger partial charge is 0.494 e. The molecule has 2 heteroatoms. The minimum atomic E-state index is 0.710. The lowest BCUT2D eigenvalue weighted by Crippen LogP contribution is -2.00. The molecule has 2 nitrogen and oxygen atoms in total. The summed E-state index contributed by atoms with van der Waals surface area (Å²) >= 11 is 0. The minimum Gasteiger partial charge on any atom is -0.494 e. The van der Waals surface area contributed by atoms with E-state index in [2.05, 4.69) is 63.0 Å². The molecule has 0 aliphatic rings. The van der Waals surface area contributed by atoms with Crippen molar-refractivity contribution in [2.75, 3.05) is 6.61 Å². The number of hydrogen-bond acceptors (Lipinski definition) is 1. The normalized spacial score (nSPS) is 12.8. The smallest absolute Gasteiger partial charge is 0.123 e. The van der Waals surface area contributed by atoms with E-state index in [4.69, 9.17) is 4.74 Å². The summed E-state index contributed by atoms with van der Waals surface area (Å²) in [7, 11) is 0. The third-order valence-electron chi connectivity index (χ3n) is 5.52. The molecule has 1 atom stereocenters. The standard InChI is InChI=1S/C23H31NO/c1-5-16(3)11-7-8-12-18-17(4)22(25-6-2)15-20-19-13-9-10-14-21(19)24-23(18)20/h9-10,13-16,24H,5-8,11-12H2,1-4H3. The van der Waals surface area contributed by atoms with Crippen LogP contribution >= 0.6 is 0 Å². The number of unbranched alkanes of at least 4 members (excludes halogenated alkanes) is 1. The van der Waals surface area contributed by atoms with Crippen molar-refractivity contribution in [1.82, 2.24) is 4.98 Å². The molecule has 1 aromatic heterocycles. The van der Waals surface area contributed by atoms with Crippen molar-refractivity contribution in [2.45, 2.75) is 59.8 Å². The molecule has 0 bridgehead atoms. The number of hydrogen-bond donors (Lipinski definition) is 1. The van der Waals surface area contributed by atoms with Gasteiger partial charge in [-0.05, 0) is 55.9 Å². The summed E-state index contributed by atoms with van der Waals surface area (Å²) in [6, 6.07) is 10.8.